The molecule has 0 bridgehead atoms. The van der Waals surface area contributed by atoms with Gasteiger partial charge in [0, 0.05) is 38.8 Å². The molecule has 1 aromatic rings. The summed E-state index contributed by atoms with van der Waals surface area (Å²) in [5, 5.41) is 9.97. The van der Waals surface area contributed by atoms with Crippen LogP contribution in [0.1, 0.15) is 35.2 Å². The molecular formula is C19H29N3O2. The smallest absolute Gasteiger partial charge is 0.257 e. The number of carbonyl (C=O) groups excluding carboxylic acids is 1. The van der Waals surface area contributed by atoms with Crippen molar-refractivity contribution in [2.45, 2.75) is 32.2 Å². The van der Waals surface area contributed by atoms with Gasteiger partial charge in [-0.25, -0.2) is 0 Å². The number of rotatable bonds is 3. The minimum atomic E-state index is -0.0503. The van der Waals surface area contributed by atoms with Crippen LogP contribution in [-0.2, 0) is 0 Å². The second-order valence-electron chi connectivity index (χ2n) is 7.24. The number of carbonyl (C=O) groups is 1. The number of aryl methyl sites for hydroxylation is 1. The summed E-state index contributed by atoms with van der Waals surface area (Å²) >= 11 is 0. The number of phenols is 1. The van der Waals surface area contributed by atoms with E-state index in [1.54, 1.807) is 12.1 Å². The Balaban J connectivity index is 1.54. The zero-order valence-electron chi connectivity index (χ0n) is 14.9. The summed E-state index contributed by atoms with van der Waals surface area (Å²) in [6.07, 6.45) is 3.93. The number of piperidine rings is 1. The first-order valence-corrected chi connectivity index (χ1v) is 9.06. The van der Waals surface area contributed by atoms with Crippen molar-refractivity contribution in [1.82, 2.24) is 14.7 Å². The monoisotopic (exact) mass is 331 g/mol. The van der Waals surface area contributed by atoms with Gasteiger partial charge < -0.3 is 14.9 Å². The van der Waals surface area contributed by atoms with Crippen molar-refractivity contribution in [3.63, 3.8) is 0 Å². The molecule has 0 aliphatic carbocycles. The summed E-state index contributed by atoms with van der Waals surface area (Å²) in [6.45, 7) is 7.56. The molecule has 0 unspecified atom stereocenters. The zero-order valence-corrected chi connectivity index (χ0v) is 14.9. The molecule has 2 aliphatic heterocycles. The highest BCUT2D eigenvalue weighted by Gasteiger charge is 2.27. The van der Waals surface area contributed by atoms with Crippen LogP contribution in [0, 0.1) is 6.92 Å². The number of aromatic hydroxyl groups is 1. The molecule has 0 spiro atoms. The van der Waals surface area contributed by atoms with E-state index in [1.807, 2.05) is 17.9 Å². The number of likely N-dealkylation sites (N-methyl/N-ethyl adjacent to an activating group) is 1. The zero-order chi connectivity index (χ0) is 17.1. The number of benzene rings is 1. The van der Waals surface area contributed by atoms with Gasteiger partial charge >= 0.3 is 0 Å². The molecule has 2 fully saturated rings. The molecule has 5 heteroatoms. The van der Waals surface area contributed by atoms with E-state index in [1.165, 1.54) is 25.8 Å². The lowest BCUT2D eigenvalue weighted by atomic mass is 10.0. The number of phenolic OH excluding ortho intramolecular Hbond substituents is 1. The Hall–Kier alpha value is -1.59. The molecule has 132 valence electrons. The van der Waals surface area contributed by atoms with Crippen molar-refractivity contribution in [3.8, 4) is 5.75 Å². The van der Waals surface area contributed by atoms with Crippen LogP contribution in [0.15, 0.2) is 18.2 Å². The Morgan fingerprint density at radius 3 is 2.62 bits per heavy atom. The van der Waals surface area contributed by atoms with Gasteiger partial charge in [0.2, 0.25) is 0 Å². The molecule has 1 amide bonds. The largest absolute Gasteiger partial charge is 0.507 e. The summed E-state index contributed by atoms with van der Waals surface area (Å²) in [4.78, 5) is 19.5. The van der Waals surface area contributed by atoms with Crippen LogP contribution in [0.3, 0.4) is 0 Å². The average molecular weight is 331 g/mol. The van der Waals surface area contributed by atoms with E-state index >= 15 is 0 Å². The first-order valence-electron chi connectivity index (χ1n) is 9.06. The Kier molecular flexibility index (Phi) is 5.41. The Bertz CT molecular complexity index is 582. The SMILES string of the molecule is Cc1ccc(O)c(C(=O)N2CCN(C[C@@H]3CCCCN3C)CC2)c1. The Morgan fingerprint density at radius 1 is 1.17 bits per heavy atom. The van der Waals surface area contributed by atoms with E-state index in [0.717, 1.165) is 38.3 Å². The summed E-state index contributed by atoms with van der Waals surface area (Å²) < 4.78 is 0. The van der Waals surface area contributed by atoms with Gasteiger partial charge in [0.25, 0.3) is 5.91 Å². The lowest BCUT2D eigenvalue weighted by molar-refractivity contribution is 0.0562. The van der Waals surface area contributed by atoms with Gasteiger partial charge in [-0.2, -0.15) is 0 Å². The topological polar surface area (TPSA) is 47.0 Å². The minimum absolute atomic E-state index is 0.0503. The van der Waals surface area contributed by atoms with Crippen molar-refractivity contribution in [2.24, 2.45) is 0 Å². The summed E-state index contributed by atoms with van der Waals surface area (Å²) in [5.41, 5.74) is 1.42. The quantitative estimate of drug-likeness (QED) is 0.919. The highest BCUT2D eigenvalue weighted by atomic mass is 16.3. The van der Waals surface area contributed by atoms with Crippen LogP contribution >= 0.6 is 0 Å². The van der Waals surface area contributed by atoms with E-state index in [2.05, 4.69) is 16.8 Å². The maximum Gasteiger partial charge on any atom is 0.257 e. The van der Waals surface area contributed by atoms with Gasteiger partial charge in [0.1, 0.15) is 5.75 Å². The van der Waals surface area contributed by atoms with Crippen LogP contribution < -0.4 is 0 Å². The molecule has 2 heterocycles. The average Bonchev–Trinajstić information content (AvgIpc) is 2.59. The van der Waals surface area contributed by atoms with Crippen molar-refractivity contribution in [1.29, 1.82) is 0 Å². The van der Waals surface area contributed by atoms with E-state index in [9.17, 15) is 9.90 Å². The maximum atomic E-state index is 12.7. The second-order valence-corrected chi connectivity index (χ2v) is 7.24. The van der Waals surface area contributed by atoms with Crippen LogP contribution in [0.2, 0.25) is 0 Å². The molecule has 2 aliphatic rings. The predicted octanol–water partition coefficient (Wildman–Crippen LogP) is 1.94. The normalized spacial score (nSPS) is 23.4. The van der Waals surface area contributed by atoms with Crippen molar-refractivity contribution in [3.05, 3.63) is 29.3 Å². The molecule has 1 atom stereocenters. The molecule has 1 N–H and O–H groups in total. The Labute approximate surface area is 144 Å². The molecule has 3 rings (SSSR count). The summed E-state index contributed by atoms with van der Waals surface area (Å²) in [7, 11) is 2.23. The van der Waals surface area contributed by atoms with Gasteiger partial charge in [-0.1, -0.05) is 18.1 Å². The number of nitrogens with zero attached hydrogens (tertiary/aromatic N) is 3. The van der Waals surface area contributed by atoms with Crippen LogP contribution in [-0.4, -0.2) is 78.1 Å². The second kappa shape index (κ2) is 7.53. The van der Waals surface area contributed by atoms with E-state index in [-0.39, 0.29) is 11.7 Å². The molecular weight excluding hydrogens is 302 g/mol. The minimum Gasteiger partial charge on any atom is -0.507 e. The first kappa shape index (κ1) is 17.2. The van der Waals surface area contributed by atoms with Crippen LogP contribution in [0.4, 0.5) is 0 Å². The summed E-state index contributed by atoms with van der Waals surface area (Å²) in [5.74, 6) is 0.0301. The summed E-state index contributed by atoms with van der Waals surface area (Å²) in [6, 6.07) is 5.87. The molecule has 0 radical (unpaired) electrons. The van der Waals surface area contributed by atoms with E-state index in [0.29, 0.717) is 11.6 Å². The maximum absolute atomic E-state index is 12.7. The van der Waals surface area contributed by atoms with E-state index in [4.69, 9.17) is 0 Å². The highest BCUT2D eigenvalue weighted by Crippen LogP contribution is 2.21. The standard InChI is InChI=1S/C19H29N3O2/c1-15-6-7-18(23)17(13-15)19(24)22-11-9-21(10-12-22)14-16-5-3-4-8-20(16)2/h6-7,13,16,23H,3-5,8-12,14H2,1-2H3/t16-/m0/s1. The lowest BCUT2D eigenvalue weighted by Gasteiger charge is -2.40. The molecule has 0 saturated carbocycles. The van der Waals surface area contributed by atoms with Gasteiger partial charge in [-0.15, -0.1) is 0 Å². The van der Waals surface area contributed by atoms with Gasteiger partial charge in [0.15, 0.2) is 0 Å². The van der Waals surface area contributed by atoms with Crippen molar-refractivity contribution < 1.29 is 9.90 Å². The van der Waals surface area contributed by atoms with Gasteiger partial charge in [0.05, 0.1) is 5.56 Å². The Morgan fingerprint density at radius 2 is 1.92 bits per heavy atom. The van der Waals surface area contributed by atoms with Crippen LogP contribution in [0.25, 0.3) is 0 Å². The highest BCUT2D eigenvalue weighted by molar-refractivity contribution is 5.97. The fourth-order valence-electron chi connectivity index (χ4n) is 3.80. The third kappa shape index (κ3) is 3.90. The van der Waals surface area contributed by atoms with Gasteiger partial charge in [-0.05, 0) is 45.5 Å². The lowest BCUT2D eigenvalue weighted by Crippen LogP contribution is -2.53. The van der Waals surface area contributed by atoms with Crippen molar-refractivity contribution >= 4 is 5.91 Å². The third-order valence-corrected chi connectivity index (χ3v) is 5.43. The number of hydrogen-bond acceptors (Lipinski definition) is 4. The van der Waals surface area contributed by atoms with Crippen LogP contribution in [0.5, 0.6) is 5.75 Å². The molecule has 5 nitrogen and oxygen atoms in total. The van der Waals surface area contributed by atoms with Gasteiger partial charge in [-0.3, -0.25) is 9.69 Å². The number of piperazine rings is 1. The first-order chi connectivity index (χ1) is 11.5. The number of likely N-dealkylation sites (tertiary alicyclic amines) is 1. The number of hydrogen-bond donors (Lipinski definition) is 1. The van der Waals surface area contributed by atoms with E-state index < -0.39 is 0 Å². The fourth-order valence-corrected chi connectivity index (χ4v) is 3.80. The molecule has 24 heavy (non-hydrogen) atoms. The molecule has 1 aromatic carbocycles. The third-order valence-electron chi connectivity index (χ3n) is 5.43. The van der Waals surface area contributed by atoms with Crippen molar-refractivity contribution in [2.75, 3.05) is 46.3 Å². The fraction of sp³-hybridized carbons (Fsp3) is 0.632. The molecule has 2 saturated heterocycles. The number of amides is 1. The predicted molar refractivity (Wildman–Crippen MR) is 95.5 cm³/mol. The molecule has 0 aromatic heterocycles.